The third kappa shape index (κ3) is 6.20. The molecule has 27 heavy (non-hydrogen) atoms. The van der Waals surface area contributed by atoms with Gasteiger partial charge in [-0.25, -0.2) is 4.79 Å². The number of hydrogen-bond acceptors (Lipinski definition) is 5. The van der Waals surface area contributed by atoms with Crippen LogP contribution in [0.2, 0.25) is 10.0 Å². The van der Waals surface area contributed by atoms with Crippen molar-refractivity contribution in [1.29, 1.82) is 0 Å². The van der Waals surface area contributed by atoms with Crippen LogP contribution >= 0.6 is 23.2 Å². The van der Waals surface area contributed by atoms with Crippen molar-refractivity contribution in [3.63, 3.8) is 0 Å². The average molecular weight is 410 g/mol. The molecule has 2 aromatic rings. The molecule has 0 aliphatic rings. The number of methoxy groups -OCH3 is 2. The highest BCUT2D eigenvalue weighted by Gasteiger charge is 2.13. The summed E-state index contributed by atoms with van der Waals surface area (Å²) in [5, 5.41) is 3.42. The van der Waals surface area contributed by atoms with Crippen molar-refractivity contribution in [3.8, 4) is 11.5 Å². The van der Waals surface area contributed by atoms with Crippen LogP contribution in [-0.4, -0.2) is 32.7 Å². The van der Waals surface area contributed by atoms with Crippen molar-refractivity contribution in [2.24, 2.45) is 0 Å². The number of ether oxygens (including phenoxy) is 3. The van der Waals surface area contributed by atoms with Crippen molar-refractivity contribution < 1.29 is 23.8 Å². The molecule has 1 amide bonds. The smallest absolute Gasteiger partial charge is 0.331 e. The first-order valence-electron chi connectivity index (χ1n) is 7.74. The lowest BCUT2D eigenvalue weighted by Gasteiger charge is -2.13. The molecular weight excluding hydrogens is 393 g/mol. The number of carbonyl (C=O) groups excluding carboxylic acids is 2. The van der Waals surface area contributed by atoms with Crippen LogP contribution in [0.4, 0.5) is 5.69 Å². The Bertz CT molecular complexity index is 867. The van der Waals surface area contributed by atoms with Crippen LogP contribution in [0.3, 0.4) is 0 Å². The molecule has 0 bridgehead atoms. The summed E-state index contributed by atoms with van der Waals surface area (Å²) in [5.74, 6) is -0.440. The fourth-order valence-corrected chi connectivity index (χ4v) is 2.54. The molecule has 1 N–H and O–H groups in total. The first-order valence-corrected chi connectivity index (χ1v) is 8.50. The van der Waals surface area contributed by atoms with E-state index in [1.54, 1.807) is 30.3 Å². The van der Waals surface area contributed by atoms with Gasteiger partial charge >= 0.3 is 5.97 Å². The largest absolute Gasteiger partial charge is 0.495 e. The molecule has 0 saturated heterocycles. The molecule has 0 saturated carbocycles. The van der Waals surface area contributed by atoms with Crippen molar-refractivity contribution >= 4 is 46.8 Å². The van der Waals surface area contributed by atoms with E-state index in [0.29, 0.717) is 27.2 Å². The Morgan fingerprint density at radius 2 is 1.81 bits per heavy atom. The minimum atomic E-state index is -0.662. The van der Waals surface area contributed by atoms with Gasteiger partial charge in [0.1, 0.15) is 11.5 Å². The van der Waals surface area contributed by atoms with E-state index in [1.807, 2.05) is 0 Å². The zero-order valence-electron chi connectivity index (χ0n) is 14.6. The van der Waals surface area contributed by atoms with Crippen LogP contribution in [0.15, 0.2) is 42.5 Å². The number of nitrogens with one attached hydrogen (secondary N) is 1. The maximum Gasteiger partial charge on any atom is 0.331 e. The molecule has 2 aromatic carbocycles. The molecule has 0 heterocycles. The number of rotatable bonds is 7. The second-order valence-electron chi connectivity index (χ2n) is 5.23. The second kappa shape index (κ2) is 9.85. The molecule has 0 radical (unpaired) electrons. The second-order valence-corrected chi connectivity index (χ2v) is 6.07. The Morgan fingerprint density at radius 1 is 1.07 bits per heavy atom. The Hall–Kier alpha value is -2.70. The monoisotopic (exact) mass is 409 g/mol. The fraction of sp³-hybridized carbons (Fsp3) is 0.158. The van der Waals surface area contributed by atoms with Crippen molar-refractivity contribution in [2.45, 2.75) is 0 Å². The van der Waals surface area contributed by atoms with Gasteiger partial charge in [0, 0.05) is 17.2 Å². The van der Waals surface area contributed by atoms with Gasteiger partial charge in [0.2, 0.25) is 0 Å². The fourth-order valence-electron chi connectivity index (χ4n) is 2.10. The van der Waals surface area contributed by atoms with Crippen LogP contribution in [0, 0.1) is 0 Å². The zero-order valence-corrected chi connectivity index (χ0v) is 16.1. The van der Waals surface area contributed by atoms with E-state index in [2.05, 4.69) is 5.32 Å². The normalized spacial score (nSPS) is 10.5. The van der Waals surface area contributed by atoms with Gasteiger partial charge in [-0.2, -0.15) is 0 Å². The number of halogens is 2. The molecule has 8 heteroatoms. The van der Waals surface area contributed by atoms with Crippen LogP contribution < -0.4 is 14.8 Å². The van der Waals surface area contributed by atoms with E-state index in [4.69, 9.17) is 37.4 Å². The maximum absolute atomic E-state index is 12.0. The molecule has 0 spiro atoms. The Morgan fingerprint density at radius 3 is 2.48 bits per heavy atom. The van der Waals surface area contributed by atoms with Gasteiger partial charge in [0.25, 0.3) is 5.91 Å². The average Bonchev–Trinajstić information content (AvgIpc) is 2.65. The summed E-state index contributed by atoms with van der Waals surface area (Å²) in [6.45, 7) is -0.467. The quantitative estimate of drug-likeness (QED) is 0.547. The summed E-state index contributed by atoms with van der Waals surface area (Å²) in [7, 11) is 2.91. The predicted octanol–water partition coefficient (Wildman–Crippen LogP) is 4.21. The first kappa shape index (κ1) is 20.6. The van der Waals surface area contributed by atoms with Gasteiger partial charge in [-0.3, -0.25) is 4.79 Å². The van der Waals surface area contributed by atoms with Gasteiger partial charge in [0.05, 0.1) is 24.9 Å². The van der Waals surface area contributed by atoms with E-state index in [0.717, 1.165) is 5.56 Å². The summed E-state index contributed by atoms with van der Waals surface area (Å²) in [5.41, 5.74) is 1.07. The summed E-state index contributed by atoms with van der Waals surface area (Å²) < 4.78 is 15.2. The number of hydrogen-bond donors (Lipinski definition) is 1. The van der Waals surface area contributed by atoms with Gasteiger partial charge in [-0.05, 0) is 29.8 Å². The molecule has 142 valence electrons. The SMILES string of the molecule is COc1cc(OC)c(NC(=O)COC(=O)/C=C/c2cccc(Cl)c2)cc1Cl. The molecule has 2 rings (SSSR count). The number of anilines is 1. The molecule has 0 aliphatic carbocycles. The minimum absolute atomic E-state index is 0.301. The standard InChI is InChI=1S/C19H17Cl2NO5/c1-25-16-10-17(26-2)15(9-14(16)21)22-18(23)11-27-19(24)7-6-12-4-3-5-13(20)8-12/h3-10H,11H2,1-2H3,(H,22,23)/b7-6+. The number of esters is 1. The van der Waals surface area contributed by atoms with Gasteiger partial charge in [0.15, 0.2) is 6.61 Å². The molecular formula is C19H17Cl2NO5. The van der Waals surface area contributed by atoms with E-state index >= 15 is 0 Å². The van der Waals surface area contributed by atoms with E-state index in [1.165, 1.54) is 32.4 Å². The van der Waals surface area contributed by atoms with E-state index in [9.17, 15) is 9.59 Å². The lowest BCUT2D eigenvalue weighted by molar-refractivity contribution is -0.142. The highest BCUT2D eigenvalue weighted by molar-refractivity contribution is 6.32. The highest BCUT2D eigenvalue weighted by Crippen LogP contribution is 2.35. The van der Waals surface area contributed by atoms with Crippen LogP contribution in [0.5, 0.6) is 11.5 Å². The third-order valence-electron chi connectivity index (χ3n) is 3.35. The van der Waals surface area contributed by atoms with Gasteiger partial charge in [-0.15, -0.1) is 0 Å². The van der Waals surface area contributed by atoms with Crippen molar-refractivity contribution in [3.05, 3.63) is 58.1 Å². The number of amides is 1. The Balaban J connectivity index is 1.92. The summed E-state index contributed by atoms with van der Waals surface area (Å²) in [6, 6.07) is 9.98. The lowest BCUT2D eigenvalue weighted by Crippen LogP contribution is -2.20. The molecule has 0 unspecified atom stereocenters. The van der Waals surface area contributed by atoms with Crippen LogP contribution in [-0.2, 0) is 14.3 Å². The minimum Gasteiger partial charge on any atom is -0.495 e. The topological polar surface area (TPSA) is 73.9 Å². The third-order valence-corrected chi connectivity index (χ3v) is 3.88. The molecule has 0 aromatic heterocycles. The van der Waals surface area contributed by atoms with Crippen LogP contribution in [0.1, 0.15) is 5.56 Å². The van der Waals surface area contributed by atoms with E-state index in [-0.39, 0.29) is 0 Å². The van der Waals surface area contributed by atoms with E-state index < -0.39 is 18.5 Å². The highest BCUT2D eigenvalue weighted by atomic mass is 35.5. The maximum atomic E-state index is 12.0. The zero-order chi connectivity index (χ0) is 19.8. The lowest BCUT2D eigenvalue weighted by atomic mass is 10.2. The molecule has 0 atom stereocenters. The van der Waals surface area contributed by atoms with Crippen molar-refractivity contribution in [1.82, 2.24) is 0 Å². The first-order chi connectivity index (χ1) is 12.9. The summed E-state index contributed by atoms with van der Waals surface area (Å²) in [6.07, 6.45) is 2.75. The Labute approximate surface area is 166 Å². The number of carbonyl (C=O) groups is 2. The van der Waals surface area contributed by atoms with Gasteiger partial charge < -0.3 is 19.5 Å². The summed E-state index contributed by atoms with van der Waals surface area (Å²) in [4.78, 5) is 23.7. The van der Waals surface area contributed by atoms with Crippen LogP contribution in [0.25, 0.3) is 6.08 Å². The summed E-state index contributed by atoms with van der Waals surface area (Å²) >= 11 is 11.9. The van der Waals surface area contributed by atoms with Crippen molar-refractivity contribution in [2.75, 3.05) is 26.1 Å². The Kier molecular flexibility index (Phi) is 7.52. The molecule has 0 fully saturated rings. The number of benzene rings is 2. The predicted molar refractivity (Wildman–Crippen MR) is 105 cm³/mol. The molecule has 6 nitrogen and oxygen atoms in total. The van der Waals surface area contributed by atoms with Gasteiger partial charge in [-0.1, -0.05) is 35.3 Å². The molecule has 0 aliphatic heterocycles.